The zero-order valence-electron chi connectivity index (χ0n) is 33.7. The molecule has 7 N–H and O–H groups in total. The van der Waals surface area contributed by atoms with Crippen molar-refractivity contribution in [3.63, 3.8) is 0 Å². The molecule has 4 heterocycles. The van der Waals surface area contributed by atoms with Crippen molar-refractivity contribution in [2.45, 2.75) is 58.4 Å². The number of allylic oxidation sites excluding steroid dienone is 6. The number of aromatic hydroxyl groups is 2. The highest BCUT2D eigenvalue weighted by Gasteiger charge is 2.44. The molecule has 0 fully saturated rings. The monoisotopic (exact) mass is 875 g/mol. The Bertz CT molecular complexity index is 2350. The Hall–Kier alpha value is -4.94. The molecule has 2 atom stereocenters. The molecule has 1 amide bonds. The molecule has 0 aliphatic carbocycles. The highest BCUT2D eigenvalue weighted by molar-refractivity contribution is 7.86. The summed E-state index contributed by atoms with van der Waals surface area (Å²) in [6, 6.07) is 7.30. The Labute approximate surface area is 348 Å². The molecule has 0 saturated heterocycles. The summed E-state index contributed by atoms with van der Waals surface area (Å²) in [5.74, 6) is -2.56. The summed E-state index contributed by atoms with van der Waals surface area (Å²) >= 11 is 0. The van der Waals surface area contributed by atoms with E-state index in [9.17, 15) is 56.1 Å². The number of benzene rings is 1. The van der Waals surface area contributed by atoms with Crippen molar-refractivity contribution >= 4 is 50.1 Å². The standard InChI is InChI=1S/C38H50BN5O14S2/c1-37(2)28-21-25(36(48)41(5)57-24-34(47)58-44-32(45)15-16-33(44)46)23-42(17-9-19-59(51,52)53)35(28)40-30(37)11-7-6-8-12-31-38(3,4)27-22-26(39(49)50)13-14-29(27)43(31)18-10-20-60(54,55)56/h6-8,11-16,21-23,34-35,45-47,49-50H,9-10,17-20,24H2,1-5H3,(H,51,52,53)(H,54,55,56). The topological polar surface area (TPSA) is 272 Å². The largest absolute Gasteiger partial charge is 0.492 e. The van der Waals surface area contributed by atoms with E-state index >= 15 is 0 Å². The van der Waals surface area contributed by atoms with Crippen molar-refractivity contribution in [3.8, 4) is 11.8 Å². The van der Waals surface area contributed by atoms with Gasteiger partial charge in [0.05, 0.1) is 17.1 Å². The molecular weight excluding hydrogens is 825 g/mol. The number of hydrogen-bond donors (Lipinski definition) is 7. The van der Waals surface area contributed by atoms with Gasteiger partial charge in [-0.25, -0.2) is 5.06 Å². The Kier molecular flexibility index (Phi) is 13.8. The lowest BCUT2D eigenvalue weighted by atomic mass is 9.75. The number of aliphatic hydroxyl groups excluding tert-OH is 1. The minimum Gasteiger partial charge on any atom is -0.492 e. The van der Waals surface area contributed by atoms with E-state index in [1.807, 2.05) is 38.7 Å². The van der Waals surface area contributed by atoms with Gasteiger partial charge < -0.3 is 40.0 Å². The molecule has 1 aromatic carbocycles. The van der Waals surface area contributed by atoms with Crippen LogP contribution in [0.5, 0.6) is 11.8 Å². The zero-order valence-corrected chi connectivity index (χ0v) is 35.3. The number of rotatable bonds is 18. The van der Waals surface area contributed by atoms with Gasteiger partial charge in [0.25, 0.3) is 26.1 Å². The van der Waals surface area contributed by atoms with Crippen molar-refractivity contribution in [3.05, 3.63) is 95.4 Å². The van der Waals surface area contributed by atoms with Gasteiger partial charge in [0.1, 0.15) is 12.8 Å². The van der Waals surface area contributed by atoms with Gasteiger partial charge in [0.2, 0.25) is 18.1 Å². The number of likely N-dealkylation sites (N-methyl/N-ethyl adjacent to an activating group) is 1. The van der Waals surface area contributed by atoms with Crippen molar-refractivity contribution in [2.24, 2.45) is 10.4 Å². The van der Waals surface area contributed by atoms with Crippen LogP contribution in [0.3, 0.4) is 0 Å². The first-order chi connectivity index (χ1) is 27.9. The Balaban J connectivity index is 1.35. The molecule has 0 saturated carbocycles. The van der Waals surface area contributed by atoms with Crippen LogP contribution >= 0.6 is 0 Å². The van der Waals surface area contributed by atoms with E-state index in [0.29, 0.717) is 21.5 Å². The van der Waals surface area contributed by atoms with E-state index in [1.165, 1.54) is 13.2 Å². The van der Waals surface area contributed by atoms with Gasteiger partial charge in [-0.3, -0.25) is 23.7 Å². The number of aliphatic imine (C=N–C) groups is 1. The predicted octanol–water partition coefficient (Wildman–Crippen LogP) is 0.999. The van der Waals surface area contributed by atoms with Crippen LogP contribution in [0.1, 0.15) is 46.1 Å². The van der Waals surface area contributed by atoms with E-state index in [0.717, 1.165) is 34.1 Å². The maximum Gasteiger partial charge on any atom is 0.488 e. The molecule has 2 unspecified atom stereocenters. The van der Waals surface area contributed by atoms with Gasteiger partial charge in [0, 0.05) is 66.4 Å². The highest BCUT2D eigenvalue weighted by Crippen LogP contribution is 2.47. The van der Waals surface area contributed by atoms with Gasteiger partial charge >= 0.3 is 7.12 Å². The maximum atomic E-state index is 13.6. The molecule has 1 aromatic heterocycles. The molecule has 0 bridgehead atoms. The molecule has 19 nitrogen and oxygen atoms in total. The third kappa shape index (κ3) is 10.7. The van der Waals surface area contributed by atoms with Crippen molar-refractivity contribution < 1.29 is 65.8 Å². The second kappa shape index (κ2) is 18.0. The second-order valence-corrected chi connectivity index (χ2v) is 18.6. The Morgan fingerprint density at radius 1 is 0.950 bits per heavy atom. The summed E-state index contributed by atoms with van der Waals surface area (Å²) in [6.07, 6.45) is 10.0. The second-order valence-electron chi connectivity index (χ2n) is 15.4. The maximum absolute atomic E-state index is 13.6. The average Bonchev–Trinajstić information content (AvgIpc) is 3.69. The number of nitrogens with zero attached hydrogens (tertiary/aromatic N) is 5. The van der Waals surface area contributed by atoms with Crippen molar-refractivity contribution in [1.29, 1.82) is 0 Å². The molecule has 0 spiro atoms. The van der Waals surface area contributed by atoms with Gasteiger partial charge in [0.15, 0.2) is 0 Å². The summed E-state index contributed by atoms with van der Waals surface area (Å²) in [4.78, 5) is 32.6. The minimum absolute atomic E-state index is 0.0169. The van der Waals surface area contributed by atoms with E-state index in [2.05, 4.69) is 0 Å². The molecular formula is C38H50BN5O14S2. The minimum atomic E-state index is -4.27. The van der Waals surface area contributed by atoms with Crippen LogP contribution < -0.4 is 15.2 Å². The number of aliphatic hydroxyl groups is 1. The molecule has 3 aliphatic rings. The van der Waals surface area contributed by atoms with E-state index in [1.54, 1.807) is 53.5 Å². The van der Waals surface area contributed by atoms with E-state index < -0.39 is 86.4 Å². The molecule has 326 valence electrons. The lowest BCUT2D eigenvalue weighted by Crippen LogP contribution is -2.40. The van der Waals surface area contributed by atoms with Crippen LogP contribution in [0.2, 0.25) is 0 Å². The summed E-state index contributed by atoms with van der Waals surface area (Å²) in [6.45, 7) is 7.53. The number of hydroxylamine groups is 2. The molecule has 22 heteroatoms. The first kappa shape index (κ1) is 46.1. The lowest BCUT2D eigenvalue weighted by Gasteiger charge is -2.35. The number of aromatic nitrogens is 1. The van der Waals surface area contributed by atoms with E-state index in [-0.39, 0.29) is 31.5 Å². The number of carbonyl (C=O) groups is 1. The van der Waals surface area contributed by atoms with Gasteiger partial charge in [-0.2, -0.15) is 16.8 Å². The summed E-state index contributed by atoms with van der Waals surface area (Å²) < 4.78 is 65.3. The predicted molar refractivity (Wildman–Crippen MR) is 222 cm³/mol. The molecule has 5 rings (SSSR count). The zero-order chi connectivity index (χ0) is 44.4. The number of amides is 1. The SMILES string of the molecule is CN(OCC(O)On1c(O)ccc1O)C(=O)C1=CN(CCCS(=O)(=O)O)C2N=C(C=CC=CC=C3N(CCCS(=O)(=O)O)c4ccc(B(O)O)cc4C3(C)C)C(C)(C)C2=C1. The number of anilines is 1. The van der Waals surface area contributed by atoms with Gasteiger partial charge in [-0.05, 0) is 53.7 Å². The first-order valence-electron chi connectivity index (χ1n) is 18.8. The van der Waals surface area contributed by atoms with Gasteiger partial charge in [-0.1, -0.05) is 58.1 Å². The smallest absolute Gasteiger partial charge is 0.488 e. The summed E-state index contributed by atoms with van der Waals surface area (Å²) in [7, 11) is -8.84. The van der Waals surface area contributed by atoms with E-state index in [4.69, 9.17) is 14.7 Å². The fraction of sp³-hybridized carbons (Fsp3) is 0.421. The fourth-order valence-electron chi connectivity index (χ4n) is 7.21. The Morgan fingerprint density at radius 2 is 1.58 bits per heavy atom. The van der Waals surface area contributed by atoms with Crippen LogP contribution in [0.15, 0.2) is 94.8 Å². The van der Waals surface area contributed by atoms with Crippen LogP contribution in [-0.4, -0.2) is 135 Å². The first-order valence-corrected chi connectivity index (χ1v) is 22.0. The third-order valence-corrected chi connectivity index (χ3v) is 12.0. The fourth-order valence-corrected chi connectivity index (χ4v) is 8.20. The lowest BCUT2D eigenvalue weighted by molar-refractivity contribution is -0.216. The number of carbonyl (C=O) groups excluding carboxylic acids is 1. The van der Waals surface area contributed by atoms with Crippen LogP contribution in [0.25, 0.3) is 0 Å². The average molecular weight is 876 g/mol. The normalized spacial score (nSPS) is 19.7. The number of fused-ring (bicyclic) bond motifs is 2. The van der Waals surface area contributed by atoms with Crippen LogP contribution in [0, 0.1) is 5.41 Å². The quantitative estimate of drug-likeness (QED) is 0.0362. The Morgan fingerprint density at radius 3 is 2.20 bits per heavy atom. The summed E-state index contributed by atoms with van der Waals surface area (Å²) in [5, 5.41) is 50.3. The third-order valence-electron chi connectivity index (χ3n) is 10.3. The molecule has 0 radical (unpaired) electrons. The van der Waals surface area contributed by atoms with Crippen LogP contribution in [-0.2, 0) is 35.3 Å². The van der Waals surface area contributed by atoms with Gasteiger partial charge in [-0.15, -0.1) is 4.73 Å². The summed E-state index contributed by atoms with van der Waals surface area (Å²) in [5.41, 5.74) is 2.79. The van der Waals surface area contributed by atoms with Crippen LogP contribution in [0.4, 0.5) is 5.69 Å². The van der Waals surface area contributed by atoms with Crippen molar-refractivity contribution in [2.75, 3.05) is 43.1 Å². The number of hydrogen-bond acceptors (Lipinski definition) is 15. The highest BCUT2D eigenvalue weighted by atomic mass is 32.2. The molecule has 60 heavy (non-hydrogen) atoms. The van der Waals surface area contributed by atoms with Crippen molar-refractivity contribution in [1.82, 2.24) is 14.7 Å². The molecule has 3 aliphatic heterocycles. The molecule has 2 aromatic rings.